The van der Waals surface area contributed by atoms with Crippen LogP contribution in [0, 0.1) is 0 Å². The second kappa shape index (κ2) is 8.87. The minimum absolute atomic E-state index is 0.226. The van der Waals surface area contributed by atoms with Crippen molar-refractivity contribution >= 4 is 64.1 Å². The molecule has 0 aliphatic carbocycles. The Balaban J connectivity index is 1.66. The number of carbonyl (C=O) groups excluding carboxylic acids is 1. The van der Waals surface area contributed by atoms with Crippen LogP contribution >= 0.6 is 46.6 Å². The number of halogens is 3. The minimum Gasteiger partial charge on any atom is -0.378 e. The molecular weight excluding hydrogens is 433 g/mol. The summed E-state index contributed by atoms with van der Waals surface area (Å²) >= 11 is 19.3. The third kappa shape index (κ3) is 4.81. The van der Waals surface area contributed by atoms with Crippen molar-refractivity contribution < 1.29 is 9.53 Å². The molecule has 0 saturated carbocycles. The molecule has 11 heteroatoms. The van der Waals surface area contributed by atoms with Crippen molar-refractivity contribution in [2.24, 2.45) is 7.05 Å². The standard InChI is InChI=1S/C16H18Cl3N5O2S/c1-9(14(25)20-13-8-11(18)10(17)7-12(13)19)27-16-22-21-15(23(16)2)24-3-5-26-6-4-24/h7-9H,3-6H2,1-2H3,(H,20,25). The average Bonchev–Trinajstić information content (AvgIpc) is 3.00. The molecule has 7 nitrogen and oxygen atoms in total. The Hall–Kier alpha value is -1.19. The molecule has 0 bridgehead atoms. The number of amides is 1. The van der Waals surface area contributed by atoms with Crippen LogP contribution in [0.4, 0.5) is 11.6 Å². The van der Waals surface area contributed by atoms with Crippen molar-refractivity contribution in [2.75, 3.05) is 36.5 Å². The SMILES string of the molecule is CC(Sc1nnc(N2CCOCC2)n1C)C(=O)Nc1cc(Cl)c(Cl)cc1Cl. The van der Waals surface area contributed by atoms with Gasteiger partial charge >= 0.3 is 0 Å². The summed E-state index contributed by atoms with van der Waals surface area (Å²) in [5.74, 6) is 0.539. The molecule has 1 aliphatic heterocycles. The molecule has 0 spiro atoms. The van der Waals surface area contributed by atoms with Gasteiger partial charge in [0.05, 0.1) is 39.2 Å². The maximum atomic E-state index is 12.5. The van der Waals surface area contributed by atoms with Gasteiger partial charge in [0.2, 0.25) is 11.9 Å². The van der Waals surface area contributed by atoms with Gasteiger partial charge in [-0.25, -0.2) is 0 Å². The summed E-state index contributed by atoms with van der Waals surface area (Å²) < 4.78 is 7.24. The predicted molar refractivity (Wildman–Crippen MR) is 109 cm³/mol. The molecule has 1 fully saturated rings. The van der Waals surface area contributed by atoms with Gasteiger partial charge in [-0.15, -0.1) is 10.2 Å². The van der Waals surface area contributed by atoms with Crippen LogP contribution in [-0.4, -0.2) is 52.2 Å². The van der Waals surface area contributed by atoms with Crippen LogP contribution in [0.1, 0.15) is 6.92 Å². The zero-order valence-corrected chi connectivity index (χ0v) is 17.8. The van der Waals surface area contributed by atoms with E-state index in [1.165, 1.54) is 23.9 Å². The second-order valence-electron chi connectivity index (χ2n) is 5.94. The highest BCUT2D eigenvalue weighted by Crippen LogP contribution is 2.33. The van der Waals surface area contributed by atoms with E-state index in [4.69, 9.17) is 39.5 Å². The van der Waals surface area contributed by atoms with Gasteiger partial charge in [-0.1, -0.05) is 46.6 Å². The van der Waals surface area contributed by atoms with Crippen LogP contribution in [0.5, 0.6) is 0 Å². The number of anilines is 2. The summed E-state index contributed by atoms with van der Waals surface area (Å²) in [6.45, 7) is 4.65. The Labute approximate surface area is 176 Å². The first kappa shape index (κ1) is 20.5. The summed E-state index contributed by atoms with van der Waals surface area (Å²) in [5.41, 5.74) is 0.412. The number of nitrogens with one attached hydrogen (secondary N) is 1. The zero-order chi connectivity index (χ0) is 19.6. The maximum Gasteiger partial charge on any atom is 0.237 e. The molecule has 1 N–H and O–H groups in total. The number of benzene rings is 1. The number of carbonyl (C=O) groups is 1. The van der Waals surface area contributed by atoms with E-state index in [2.05, 4.69) is 20.4 Å². The Morgan fingerprint density at radius 2 is 1.85 bits per heavy atom. The van der Waals surface area contributed by atoms with E-state index in [1.807, 2.05) is 11.6 Å². The Morgan fingerprint density at radius 1 is 1.19 bits per heavy atom. The number of thioether (sulfide) groups is 1. The van der Waals surface area contributed by atoms with Crippen LogP contribution in [0.3, 0.4) is 0 Å². The third-order valence-electron chi connectivity index (χ3n) is 4.03. The quantitative estimate of drug-likeness (QED) is 0.553. The van der Waals surface area contributed by atoms with Crippen LogP contribution in [-0.2, 0) is 16.6 Å². The van der Waals surface area contributed by atoms with E-state index in [1.54, 1.807) is 6.92 Å². The number of hydrogen-bond acceptors (Lipinski definition) is 6. The van der Waals surface area contributed by atoms with Crippen LogP contribution < -0.4 is 10.2 Å². The van der Waals surface area contributed by atoms with Crippen LogP contribution in [0.25, 0.3) is 0 Å². The summed E-state index contributed by atoms with van der Waals surface area (Å²) in [7, 11) is 1.88. The predicted octanol–water partition coefficient (Wildman–Crippen LogP) is 3.73. The fraction of sp³-hybridized carbons (Fsp3) is 0.438. The molecule has 27 heavy (non-hydrogen) atoms. The summed E-state index contributed by atoms with van der Waals surface area (Å²) in [6.07, 6.45) is 0. The van der Waals surface area contributed by atoms with Gasteiger partial charge in [0.25, 0.3) is 0 Å². The first-order valence-electron chi connectivity index (χ1n) is 8.21. The van der Waals surface area contributed by atoms with Gasteiger partial charge in [-0.2, -0.15) is 0 Å². The van der Waals surface area contributed by atoms with Gasteiger partial charge in [-0.05, 0) is 19.1 Å². The molecule has 2 aromatic rings. The number of hydrogen-bond donors (Lipinski definition) is 1. The average molecular weight is 451 g/mol. The van der Waals surface area contributed by atoms with Gasteiger partial charge in [0.15, 0.2) is 5.16 Å². The molecule has 1 aromatic heterocycles. The van der Waals surface area contributed by atoms with Crippen molar-refractivity contribution in [3.8, 4) is 0 Å². The minimum atomic E-state index is -0.420. The number of morpholine rings is 1. The highest BCUT2D eigenvalue weighted by Gasteiger charge is 2.23. The van der Waals surface area contributed by atoms with E-state index in [0.29, 0.717) is 39.1 Å². The Kier molecular flexibility index (Phi) is 6.75. The van der Waals surface area contributed by atoms with Crippen molar-refractivity contribution in [3.05, 3.63) is 27.2 Å². The van der Waals surface area contributed by atoms with Gasteiger partial charge in [0, 0.05) is 20.1 Å². The number of rotatable bonds is 5. The molecule has 1 aliphatic rings. The zero-order valence-electron chi connectivity index (χ0n) is 14.7. The van der Waals surface area contributed by atoms with Crippen molar-refractivity contribution in [3.63, 3.8) is 0 Å². The van der Waals surface area contributed by atoms with E-state index in [0.717, 1.165) is 19.0 Å². The highest BCUT2D eigenvalue weighted by atomic mass is 35.5. The molecule has 1 amide bonds. The molecular formula is C16H18Cl3N5O2S. The van der Waals surface area contributed by atoms with E-state index in [-0.39, 0.29) is 5.91 Å². The lowest BCUT2D eigenvalue weighted by Gasteiger charge is -2.27. The Bertz CT molecular complexity index is 842. The van der Waals surface area contributed by atoms with Gasteiger partial charge in [-0.3, -0.25) is 9.36 Å². The van der Waals surface area contributed by atoms with E-state index < -0.39 is 5.25 Å². The fourth-order valence-corrected chi connectivity index (χ4v) is 3.92. The summed E-state index contributed by atoms with van der Waals surface area (Å²) in [6, 6.07) is 3.02. The molecule has 3 rings (SSSR count). The second-order valence-corrected chi connectivity index (χ2v) is 8.47. The highest BCUT2D eigenvalue weighted by molar-refractivity contribution is 8.00. The molecule has 1 aromatic carbocycles. The smallest absolute Gasteiger partial charge is 0.237 e. The lowest BCUT2D eigenvalue weighted by molar-refractivity contribution is -0.115. The monoisotopic (exact) mass is 449 g/mol. The molecule has 1 atom stereocenters. The largest absolute Gasteiger partial charge is 0.378 e. The van der Waals surface area contributed by atoms with Crippen LogP contribution in [0.15, 0.2) is 17.3 Å². The third-order valence-corrected chi connectivity index (χ3v) is 6.19. The summed E-state index contributed by atoms with van der Waals surface area (Å²) in [4.78, 5) is 14.6. The number of nitrogens with zero attached hydrogens (tertiary/aromatic N) is 4. The fourth-order valence-electron chi connectivity index (χ4n) is 2.51. The van der Waals surface area contributed by atoms with Crippen molar-refractivity contribution in [1.82, 2.24) is 14.8 Å². The van der Waals surface area contributed by atoms with E-state index in [9.17, 15) is 4.79 Å². The van der Waals surface area contributed by atoms with Gasteiger partial charge < -0.3 is 15.0 Å². The molecule has 146 valence electrons. The Morgan fingerprint density at radius 3 is 2.56 bits per heavy atom. The van der Waals surface area contributed by atoms with Crippen molar-refractivity contribution in [1.29, 1.82) is 0 Å². The first-order valence-corrected chi connectivity index (χ1v) is 10.2. The molecule has 1 saturated heterocycles. The lowest BCUT2D eigenvalue weighted by atomic mass is 10.3. The van der Waals surface area contributed by atoms with Gasteiger partial charge in [0.1, 0.15) is 0 Å². The van der Waals surface area contributed by atoms with Crippen LogP contribution in [0.2, 0.25) is 15.1 Å². The summed E-state index contributed by atoms with van der Waals surface area (Å²) in [5, 5.41) is 12.4. The topological polar surface area (TPSA) is 72.3 Å². The number of aromatic nitrogens is 3. The molecule has 0 radical (unpaired) electrons. The lowest BCUT2D eigenvalue weighted by Crippen LogP contribution is -2.37. The maximum absolute atomic E-state index is 12.5. The van der Waals surface area contributed by atoms with E-state index >= 15 is 0 Å². The van der Waals surface area contributed by atoms with Crippen molar-refractivity contribution in [2.45, 2.75) is 17.3 Å². The first-order chi connectivity index (χ1) is 12.9. The number of ether oxygens (including phenoxy) is 1. The molecule has 1 unspecified atom stereocenters. The molecule has 2 heterocycles. The normalized spacial score (nSPS) is 15.7.